The standard InChI is InChI=1S/C18H21Cl2NO4/c1-10(2)16(18(24)25-15-6-4-3-5-14(15)22)21-17(23)12-8-7-11(19)9-13(12)20/h7-10,15-16H,3-6H2,1-2H3,(H,21,23)/t15-,16-/m0/s1. The van der Waals surface area contributed by atoms with Crippen molar-refractivity contribution in [3.8, 4) is 0 Å². The lowest BCUT2D eigenvalue weighted by Gasteiger charge is -2.26. The predicted octanol–water partition coefficient (Wildman–Crippen LogP) is 3.80. The van der Waals surface area contributed by atoms with Crippen LogP contribution in [-0.4, -0.2) is 29.8 Å². The van der Waals surface area contributed by atoms with E-state index in [9.17, 15) is 14.4 Å². The van der Waals surface area contributed by atoms with Gasteiger partial charge in [-0.3, -0.25) is 9.59 Å². The first-order chi connectivity index (χ1) is 11.8. The Morgan fingerprint density at radius 3 is 2.56 bits per heavy atom. The lowest BCUT2D eigenvalue weighted by molar-refractivity contribution is -0.159. The van der Waals surface area contributed by atoms with Crippen molar-refractivity contribution in [2.45, 2.75) is 51.7 Å². The van der Waals surface area contributed by atoms with E-state index in [2.05, 4.69) is 5.32 Å². The monoisotopic (exact) mass is 385 g/mol. The van der Waals surface area contributed by atoms with E-state index in [0.717, 1.165) is 12.8 Å². The molecule has 0 spiro atoms. The number of ketones is 1. The van der Waals surface area contributed by atoms with E-state index in [0.29, 0.717) is 17.9 Å². The van der Waals surface area contributed by atoms with Crippen LogP contribution >= 0.6 is 23.2 Å². The van der Waals surface area contributed by atoms with Crippen molar-refractivity contribution in [3.05, 3.63) is 33.8 Å². The normalized spacial score (nSPS) is 18.8. The highest BCUT2D eigenvalue weighted by Gasteiger charge is 2.32. The summed E-state index contributed by atoms with van der Waals surface area (Å²) in [4.78, 5) is 36.7. The van der Waals surface area contributed by atoms with Crippen LogP contribution in [0.2, 0.25) is 10.0 Å². The quantitative estimate of drug-likeness (QED) is 0.782. The number of ether oxygens (including phenoxy) is 1. The summed E-state index contributed by atoms with van der Waals surface area (Å²) in [7, 11) is 0. The van der Waals surface area contributed by atoms with Gasteiger partial charge in [0.1, 0.15) is 6.04 Å². The molecule has 5 nitrogen and oxygen atoms in total. The Hall–Kier alpha value is -1.59. The molecule has 0 saturated heterocycles. The lowest BCUT2D eigenvalue weighted by Crippen LogP contribution is -2.47. The Morgan fingerprint density at radius 2 is 1.96 bits per heavy atom. The van der Waals surface area contributed by atoms with Gasteiger partial charge < -0.3 is 10.1 Å². The van der Waals surface area contributed by atoms with Gasteiger partial charge in [0, 0.05) is 11.4 Å². The van der Waals surface area contributed by atoms with E-state index in [1.54, 1.807) is 19.9 Å². The van der Waals surface area contributed by atoms with Gasteiger partial charge in [0.25, 0.3) is 5.91 Å². The van der Waals surface area contributed by atoms with E-state index in [1.807, 2.05) is 0 Å². The van der Waals surface area contributed by atoms with E-state index in [-0.39, 0.29) is 22.3 Å². The molecule has 1 saturated carbocycles. The Morgan fingerprint density at radius 1 is 1.24 bits per heavy atom. The zero-order valence-corrected chi connectivity index (χ0v) is 15.7. The Bertz CT molecular complexity index is 675. The number of carbonyl (C=O) groups is 3. The molecule has 0 bridgehead atoms. The van der Waals surface area contributed by atoms with E-state index in [4.69, 9.17) is 27.9 Å². The van der Waals surface area contributed by atoms with Gasteiger partial charge in [0.15, 0.2) is 11.9 Å². The molecular formula is C18H21Cl2NO4. The van der Waals surface area contributed by atoms with Crippen molar-refractivity contribution in [3.63, 3.8) is 0 Å². The second-order valence-electron chi connectivity index (χ2n) is 6.46. The van der Waals surface area contributed by atoms with E-state index < -0.39 is 24.0 Å². The third-order valence-corrected chi connectivity index (χ3v) is 4.69. The van der Waals surface area contributed by atoms with Gasteiger partial charge in [-0.05, 0) is 43.4 Å². The minimum Gasteiger partial charge on any atom is -0.453 e. The van der Waals surface area contributed by atoms with E-state index in [1.165, 1.54) is 12.1 Å². The highest BCUT2D eigenvalue weighted by Crippen LogP contribution is 2.22. The van der Waals surface area contributed by atoms with Gasteiger partial charge in [-0.25, -0.2) is 4.79 Å². The highest BCUT2D eigenvalue weighted by atomic mass is 35.5. The number of esters is 1. The van der Waals surface area contributed by atoms with Gasteiger partial charge in [-0.2, -0.15) is 0 Å². The Kier molecular flexibility index (Phi) is 6.85. The number of hydrogen-bond acceptors (Lipinski definition) is 4. The molecule has 1 aromatic carbocycles. The molecule has 136 valence electrons. The third kappa shape index (κ3) is 5.19. The fourth-order valence-electron chi connectivity index (χ4n) is 2.68. The molecule has 1 N–H and O–H groups in total. The molecule has 7 heteroatoms. The molecule has 0 aromatic heterocycles. The van der Waals surface area contributed by atoms with Crippen LogP contribution in [0, 0.1) is 5.92 Å². The van der Waals surface area contributed by atoms with Crippen molar-refractivity contribution < 1.29 is 19.1 Å². The lowest BCUT2D eigenvalue weighted by atomic mass is 9.96. The SMILES string of the molecule is CC(C)[C@H](NC(=O)c1ccc(Cl)cc1Cl)C(=O)O[C@H]1CCCCC1=O. The molecule has 0 heterocycles. The van der Waals surface area contributed by atoms with Crippen LogP contribution in [-0.2, 0) is 14.3 Å². The number of benzene rings is 1. The maximum Gasteiger partial charge on any atom is 0.329 e. The first kappa shape index (κ1) is 19.7. The van der Waals surface area contributed by atoms with Crippen LogP contribution in [0.4, 0.5) is 0 Å². The van der Waals surface area contributed by atoms with Gasteiger partial charge in [0.05, 0.1) is 10.6 Å². The predicted molar refractivity (Wildman–Crippen MR) is 95.9 cm³/mol. The zero-order chi connectivity index (χ0) is 18.6. The fraction of sp³-hybridized carbons (Fsp3) is 0.500. The van der Waals surface area contributed by atoms with Crippen LogP contribution in [0.25, 0.3) is 0 Å². The third-order valence-electron chi connectivity index (χ3n) is 4.14. The molecule has 1 amide bonds. The first-order valence-electron chi connectivity index (χ1n) is 8.28. The average Bonchev–Trinajstić information content (AvgIpc) is 2.54. The number of nitrogens with one attached hydrogen (secondary N) is 1. The molecule has 0 aliphatic heterocycles. The van der Waals surface area contributed by atoms with Crippen LogP contribution in [0.15, 0.2) is 18.2 Å². The van der Waals surface area contributed by atoms with Crippen molar-refractivity contribution >= 4 is 40.9 Å². The van der Waals surface area contributed by atoms with Crippen molar-refractivity contribution in [1.29, 1.82) is 0 Å². The molecule has 1 aliphatic rings. The Balaban J connectivity index is 2.07. The Labute approximate surface area is 157 Å². The van der Waals surface area contributed by atoms with Gasteiger partial charge in [0.2, 0.25) is 0 Å². The number of hydrogen-bond donors (Lipinski definition) is 1. The smallest absolute Gasteiger partial charge is 0.329 e. The summed E-state index contributed by atoms with van der Waals surface area (Å²) in [5.41, 5.74) is 0.221. The summed E-state index contributed by atoms with van der Waals surface area (Å²) in [6.07, 6.45) is 1.93. The molecular weight excluding hydrogens is 365 g/mol. The van der Waals surface area contributed by atoms with Crippen LogP contribution in [0.3, 0.4) is 0 Å². The van der Waals surface area contributed by atoms with E-state index >= 15 is 0 Å². The second-order valence-corrected chi connectivity index (χ2v) is 7.30. The molecule has 2 atom stereocenters. The maximum absolute atomic E-state index is 12.5. The number of halogens is 2. The average molecular weight is 386 g/mol. The number of carbonyl (C=O) groups excluding carboxylic acids is 3. The largest absolute Gasteiger partial charge is 0.453 e. The summed E-state index contributed by atoms with van der Waals surface area (Å²) in [5, 5.41) is 3.26. The van der Waals surface area contributed by atoms with Crippen molar-refractivity contribution in [1.82, 2.24) is 5.32 Å². The van der Waals surface area contributed by atoms with Gasteiger partial charge in [-0.15, -0.1) is 0 Å². The van der Waals surface area contributed by atoms with Crippen LogP contribution < -0.4 is 5.32 Å². The van der Waals surface area contributed by atoms with Crippen LogP contribution in [0.1, 0.15) is 49.9 Å². The summed E-state index contributed by atoms with van der Waals surface area (Å²) in [6, 6.07) is 3.63. The molecule has 1 aliphatic carbocycles. The second kappa shape index (κ2) is 8.68. The van der Waals surface area contributed by atoms with Gasteiger partial charge >= 0.3 is 5.97 Å². The maximum atomic E-state index is 12.5. The molecule has 1 fully saturated rings. The van der Waals surface area contributed by atoms with Crippen LogP contribution in [0.5, 0.6) is 0 Å². The summed E-state index contributed by atoms with van der Waals surface area (Å²) < 4.78 is 5.36. The molecule has 0 radical (unpaired) electrons. The minimum atomic E-state index is -0.867. The number of Topliss-reactive ketones (excluding diaryl/α,β-unsaturated/α-hetero) is 1. The topological polar surface area (TPSA) is 72.5 Å². The summed E-state index contributed by atoms with van der Waals surface area (Å²) in [5.74, 6) is -1.36. The minimum absolute atomic E-state index is 0.0609. The van der Waals surface area contributed by atoms with Crippen molar-refractivity contribution in [2.24, 2.45) is 5.92 Å². The molecule has 25 heavy (non-hydrogen) atoms. The number of rotatable bonds is 5. The molecule has 0 unspecified atom stereocenters. The van der Waals surface area contributed by atoms with Crippen molar-refractivity contribution in [2.75, 3.05) is 0 Å². The number of amides is 1. The van der Waals surface area contributed by atoms with Gasteiger partial charge in [-0.1, -0.05) is 37.0 Å². The highest BCUT2D eigenvalue weighted by molar-refractivity contribution is 6.36. The zero-order valence-electron chi connectivity index (χ0n) is 14.2. The fourth-order valence-corrected chi connectivity index (χ4v) is 3.17. The molecule has 2 rings (SSSR count). The first-order valence-corrected chi connectivity index (χ1v) is 9.04. The molecule has 1 aromatic rings. The summed E-state index contributed by atoms with van der Waals surface area (Å²) in [6.45, 7) is 3.58. The summed E-state index contributed by atoms with van der Waals surface area (Å²) >= 11 is 11.9.